The summed E-state index contributed by atoms with van der Waals surface area (Å²) in [4.78, 5) is 2.15. The second-order valence-corrected chi connectivity index (χ2v) is 5.42. The smallest absolute Gasteiger partial charge is 0.0792 e. The van der Waals surface area contributed by atoms with Crippen LogP contribution in [0.15, 0.2) is 18.2 Å². The van der Waals surface area contributed by atoms with Gasteiger partial charge in [0.05, 0.1) is 17.3 Å². The van der Waals surface area contributed by atoms with Crippen LogP contribution in [0, 0.1) is 12.3 Å². The van der Waals surface area contributed by atoms with Crippen LogP contribution in [-0.4, -0.2) is 19.6 Å². The van der Waals surface area contributed by atoms with Crippen molar-refractivity contribution in [1.29, 1.82) is 0 Å². The van der Waals surface area contributed by atoms with Gasteiger partial charge in [0.15, 0.2) is 0 Å². The molecular formula is C17H25ClN2. The minimum absolute atomic E-state index is 0.314. The Kier molecular flexibility index (Phi) is 7.51. The highest BCUT2D eigenvalue weighted by Gasteiger charge is 2.11. The molecule has 1 aromatic carbocycles. The van der Waals surface area contributed by atoms with E-state index in [9.17, 15) is 0 Å². The van der Waals surface area contributed by atoms with Crippen LogP contribution in [0.4, 0.5) is 5.69 Å². The molecule has 1 aromatic rings. The van der Waals surface area contributed by atoms with E-state index >= 15 is 0 Å². The van der Waals surface area contributed by atoms with E-state index in [1.807, 2.05) is 6.07 Å². The molecule has 0 aliphatic heterocycles. The maximum atomic E-state index is 6.44. The van der Waals surface area contributed by atoms with Crippen molar-refractivity contribution in [3.63, 3.8) is 0 Å². The maximum absolute atomic E-state index is 6.44. The molecule has 0 heterocycles. The molecule has 0 fully saturated rings. The Hall–Kier alpha value is -1.17. The molecule has 1 rings (SSSR count). The van der Waals surface area contributed by atoms with Gasteiger partial charge in [-0.25, -0.2) is 0 Å². The molecule has 0 radical (unpaired) electrons. The average Bonchev–Trinajstić information content (AvgIpc) is 2.44. The van der Waals surface area contributed by atoms with E-state index < -0.39 is 0 Å². The molecule has 1 N–H and O–H groups in total. The molecule has 0 spiro atoms. The molecule has 1 atom stereocenters. The lowest BCUT2D eigenvalue weighted by atomic mass is 10.1. The number of terminal acetylenes is 1. The average molecular weight is 293 g/mol. The lowest BCUT2D eigenvalue weighted by Crippen LogP contribution is -2.25. The number of hydrogen-bond acceptors (Lipinski definition) is 2. The molecule has 20 heavy (non-hydrogen) atoms. The summed E-state index contributed by atoms with van der Waals surface area (Å²) >= 11 is 6.44. The number of nitrogens with zero attached hydrogens (tertiary/aromatic N) is 1. The maximum Gasteiger partial charge on any atom is 0.0792 e. The van der Waals surface area contributed by atoms with Crippen LogP contribution in [0.5, 0.6) is 0 Å². The fourth-order valence-electron chi connectivity index (χ4n) is 2.19. The van der Waals surface area contributed by atoms with Gasteiger partial charge in [0.25, 0.3) is 0 Å². The molecule has 0 aromatic heterocycles. The van der Waals surface area contributed by atoms with Crippen LogP contribution in [0.1, 0.15) is 45.2 Å². The SMILES string of the molecule is C#CCN(CCC)c1ccc(C(C)NCCC)cc1Cl. The summed E-state index contributed by atoms with van der Waals surface area (Å²) in [5, 5.41) is 4.24. The first-order valence-corrected chi connectivity index (χ1v) is 7.73. The van der Waals surface area contributed by atoms with E-state index in [-0.39, 0.29) is 0 Å². The first-order valence-electron chi connectivity index (χ1n) is 7.35. The van der Waals surface area contributed by atoms with Crippen LogP contribution in [-0.2, 0) is 0 Å². The number of halogens is 1. The van der Waals surface area contributed by atoms with Gasteiger partial charge in [-0.3, -0.25) is 0 Å². The number of rotatable bonds is 8. The first kappa shape index (κ1) is 16.9. The van der Waals surface area contributed by atoms with Crippen LogP contribution in [0.25, 0.3) is 0 Å². The Bertz CT molecular complexity index is 451. The first-order chi connectivity index (χ1) is 9.63. The minimum Gasteiger partial charge on any atom is -0.359 e. The largest absolute Gasteiger partial charge is 0.359 e. The molecular weight excluding hydrogens is 268 g/mol. The van der Waals surface area contributed by atoms with Crippen molar-refractivity contribution in [2.75, 3.05) is 24.5 Å². The molecule has 3 heteroatoms. The highest BCUT2D eigenvalue weighted by molar-refractivity contribution is 6.33. The van der Waals surface area contributed by atoms with Gasteiger partial charge in [-0.1, -0.05) is 37.4 Å². The number of hydrogen-bond donors (Lipinski definition) is 1. The zero-order chi connectivity index (χ0) is 15.0. The number of nitrogens with one attached hydrogen (secondary N) is 1. The highest BCUT2D eigenvalue weighted by atomic mass is 35.5. The summed E-state index contributed by atoms with van der Waals surface area (Å²) < 4.78 is 0. The van der Waals surface area contributed by atoms with Gasteiger partial charge >= 0.3 is 0 Å². The summed E-state index contributed by atoms with van der Waals surface area (Å²) in [6.07, 6.45) is 7.61. The van der Waals surface area contributed by atoms with Gasteiger partial charge in [0.1, 0.15) is 0 Å². The van der Waals surface area contributed by atoms with E-state index in [0.29, 0.717) is 12.6 Å². The highest BCUT2D eigenvalue weighted by Crippen LogP contribution is 2.29. The van der Waals surface area contributed by atoms with Gasteiger partial charge < -0.3 is 10.2 Å². The predicted octanol–water partition coefficient (Wildman–Crippen LogP) is 4.25. The molecule has 2 nitrogen and oxygen atoms in total. The summed E-state index contributed by atoms with van der Waals surface area (Å²) in [7, 11) is 0. The fraction of sp³-hybridized carbons (Fsp3) is 0.529. The van der Waals surface area contributed by atoms with Gasteiger partial charge in [-0.2, -0.15) is 0 Å². The third-order valence-electron chi connectivity index (χ3n) is 3.29. The minimum atomic E-state index is 0.314. The summed E-state index contributed by atoms with van der Waals surface area (Å²) in [6, 6.07) is 6.57. The number of anilines is 1. The summed E-state index contributed by atoms with van der Waals surface area (Å²) in [6.45, 7) is 9.00. The van der Waals surface area contributed by atoms with Crippen LogP contribution >= 0.6 is 11.6 Å². The quantitative estimate of drug-likeness (QED) is 0.721. The fourth-order valence-corrected chi connectivity index (χ4v) is 2.50. The van der Waals surface area contributed by atoms with Crippen LogP contribution in [0.3, 0.4) is 0 Å². The van der Waals surface area contributed by atoms with E-state index in [2.05, 4.69) is 49.0 Å². The molecule has 0 saturated carbocycles. The molecule has 0 aliphatic carbocycles. The van der Waals surface area contributed by atoms with Crippen molar-refractivity contribution in [3.05, 3.63) is 28.8 Å². The summed E-state index contributed by atoms with van der Waals surface area (Å²) in [5.74, 6) is 2.70. The van der Waals surface area contributed by atoms with Crippen LogP contribution in [0.2, 0.25) is 5.02 Å². The Balaban J connectivity index is 2.88. The van der Waals surface area contributed by atoms with Gasteiger partial charge in [-0.05, 0) is 44.0 Å². The lowest BCUT2D eigenvalue weighted by Gasteiger charge is -2.24. The van der Waals surface area contributed by atoms with Crippen molar-refractivity contribution in [2.45, 2.75) is 39.7 Å². The van der Waals surface area contributed by atoms with Gasteiger partial charge in [0.2, 0.25) is 0 Å². The number of benzene rings is 1. The van der Waals surface area contributed by atoms with Crippen molar-refractivity contribution in [1.82, 2.24) is 5.32 Å². The van der Waals surface area contributed by atoms with E-state index in [1.165, 1.54) is 5.56 Å². The third kappa shape index (κ3) is 4.74. The molecule has 0 saturated heterocycles. The Morgan fingerprint density at radius 1 is 1.35 bits per heavy atom. The van der Waals surface area contributed by atoms with Crippen molar-refractivity contribution in [3.8, 4) is 12.3 Å². The Labute approximate surface area is 128 Å². The summed E-state index contributed by atoms with van der Waals surface area (Å²) in [5.41, 5.74) is 2.24. The van der Waals surface area contributed by atoms with E-state index in [0.717, 1.165) is 36.6 Å². The Morgan fingerprint density at radius 3 is 2.65 bits per heavy atom. The monoisotopic (exact) mass is 292 g/mol. The van der Waals surface area contributed by atoms with Crippen LogP contribution < -0.4 is 10.2 Å². The van der Waals surface area contributed by atoms with E-state index in [1.54, 1.807) is 0 Å². The lowest BCUT2D eigenvalue weighted by molar-refractivity contribution is 0.571. The molecule has 0 amide bonds. The third-order valence-corrected chi connectivity index (χ3v) is 3.59. The standard InChI is InChI=1S/C17H25ClN2/c1-5-10-19-14(4)15-8-9-17(16(18)13-15)20(11-6-2)12-7-3/h2,8-9,13-14,19H,5,7,10-12H2,1,3-4H3. The van der Waals surface area contributed by atoms with Crippen molar-refractivity contribution < 1.29 is 0 Å². The van der Waals surface area contributed by atoms with E-state index in [4.69, 9.17) is 18.0 Å². The zero-order valence-electron chi connectivity index (χ0n) is 12.7. The van der Waals surface area contributed by atoms with Crippen molar-refractivity contribution in [2.24, 2.45) is 0 Å². The molecule has 0 aliphatic rings. The molecule has 1 unspecified atom stereocenters. The molecule has 0 bridgehead atoms. The predicted molar refractivity (Wildman–Crippen MR) is 89.5 cm³/mol. The molecule has 110 valence electrons. The van der Waals surface area contributed by atoms with Gasteiger partial charge in [-0.15, -0.1) is 6.42 Å². The second-order valence-electron chi connectivity index (χ2n) is 5.01. The zero-order valence-corrected chi connectivity index (χ0v) is 13.5. The van der Waals surface area contributed by atoms with Gasteiger partial charge in [0, 0.05) is 12.6 Å². The Morgan fingerprint density at radius 2 is 2.10 bits per heavy atom. The second kappa shape index (κ2) is 8.89. The topological polar surface area (TPSA) is 15.3 Å². The van der Waals surface area contributed by atoms with Crippen molar-refractivity contribution >= 4 is 17.3 Å². The normalized spacial score (nSPS) is 11.9.